The van der Waals surface area contributed by atoms with Crippen molar-refractivity contribution < 1.29 is 19.1 Å². The Bertz CT molecular complexity index is 4690. The van der Waals surface area contributed by atoms with E-state index in [0.717, 1.165) is 135 Å². The second-order valence-electron chi connectivity index (χ2n) is 31.8. The van der Waals surface area contributed by atoms with Crippen molar-refractivity contribution in [3.63, 3.8) is 0 Å². The van der Waals surface area contributed by atoms with Crippen molar-refractivity contribution in [3.05, 3.63) is 246 Å². The molecule has 1 N–H and O–H groups in total. The lowest BCUT2D eigenvalue weighted by Crippen LogP contribution is -2.42. The minimum Gasteiger partial charge on any atom is -0.444 e. The monoisotopic (exact) mass is 1500 g/mol. The van der Waals surface area contributed by atoms with Gasteiger partial charge in [-0.15, -0.1) is 0 Å². The Morgan fingerprint density at radius 3 is 1.18 bits per heavy atom. The standard InChI is InChI=1S/2C31H37ClN4O2.C26H29ClN4/c1-21-19-33-20-36(21)14-6-7-23-17-24-18-25(32)9-10-26(24)28(29-27(23)8-5-13-34-29)22-11-15-35(16-12-22)30(37)38-31(2,3)4;1-21-19-35(20-34-21)14-6-7-23-17-24-18-25(32)9-10-26(24)28(29-27(23)8-5-13-33-29)22-11-15-36(16-12-22)30(37)38-31(2,3)4;1-18-16-31(17-30-18)13-3-4-20-14-21-15-22(27)6-7-23(21)25(19-8-11-28-12-9-19)26-24(20)5-2-10-29-26/h2*5,8-10,13,17-20,22,28H,6-7,11-12,14-16H2,1-4H3;2,5-7,10,14-17,19,25,28H,3-4,8-9,11-13H2,1H3. The Kier molecular flexibility index (Phi) is 24.5. The fraction of sp³-hybridized carbons (Fsp3) is 0.432. The molecule has 107 heavy (non-hydrogen) atoms. The molecule has 2 amide bonds. The molecule has 19 heteroatoms. The first-order valence-electron chi connectivity index (χ1n) is 38.5. The van der Waals surface area contributed by atoms with Gasteiger partial charge in [0, 0.05) is 122 Å². The second-order valence-corrected chi connectivity index (χ2v) is 33.1. The molecule has 3 aliphatic carbocycles. The zero-order valence-corrected chi connectivity index (χ0v) is 65.9. The van der Waals surface area contributed by atoms with Crippen LogP contribution >= 0.6 is 34.8 Å². The first-order chi connectivity index (χ1) is 51.6. The van der Waals surface area contributed by atoms with Crippen LogP contribution in [0.2, 0.25) is 15.1 Å². The van der Waals surface area contributed by atoms with Crippen LogP contribution in [0.15, 0.2) is 147 Å². The van der Waals surface area contributed by atoms with Gasteiger partial charge >= 0.3 is 12.2 Å². The number of halogens is 3. The number of pyridine rings is 3. The van der Waals surface area contributed by atoms with E-state index in [2.05, 4.69) is 132 Å². The molecule has 15 rings (SSSR count). The summed E-state index contributed by atoms with van der Waals surface area (Å²) in [6, 6.07) is 31.8. The lowest BCUT2D eigenvalue weighted by atomic mass is 9.76. The van der Waals surface area contributed by atoms with E-state index in [0.29, 0.717) is 49.9 Å². The molecular weight excluding hydrogens is 1400 g/mol. The second kappa shape index (κ2) is 34.3. The molecule has 6 aliphatic rings. The van der Waals surface area contributed by atoms with Gasteiger partial charge in [-0.1, -0.05) is 89.4 Å². The summed E-state index contributed by atoms with van der Waals surface area (Å²) >= 11 is 19.5. The fourth-order valence-corrected chi connectivity index (χ4v) is 17.3. The van der Waals surface area contributed by atoms with Crippen LogP contribution in [0.3, 0.4) is 0 Å². The molecular formula is C88H103Cl3N12O4. The van der Waals surface area contributed by atoms with Gasteiger partial charge in [0.1, 0.15) is 11.2 Å². The van der Waals surface area contributed by atoms with Gasteiger partial charge in [0.25, 0.3) is 0 Å². The molecule has 3 fully saturated rings. The Labute approximate surface area is 647 Å². The van der Waals surface area contributed by atoms with E-state index in [1.165, 1.54) is 91.0 Å². The number of carbonyl (C=O) groups excluding carboxylic acids is 2. The maximum atomic E-state index is 12.7. The molecule has 3 atom stereocenters. The number of imidazole rings is 3. The number of hydrogen-bond donors (Lipinski definition) is 1. The number of ether oxygens (including phenoxy) is 2. The highest BCUT2D eigenvalue weighted by atomic mass is 35.5. The van der Waals surface area contributed by atoms with Crippen molar-refractivity contribution in [2.45, 2.75) is 188 Å². The van der Waals surface area contributed by atoms with E-state index in [-0.39, 0.29) is 24.0 Å². The van der Waals surface area contributed by atoms with Gasteiger partial charge in [-0.05, 0) is 292 Å². The van der Waals surface area contributed by atoms with Gasteiger partial charge < -0.3 is 38.3 Å². The van der Waals surface area contributed by atoms with Crippen molar-refractivity contribution in [2.24, 2.45) is 17.8 Å². The number of benzene rings is 3. The number of amides is 2. The van der Waals surface area contributed by atoms with Gasteiger partial charge in [-0.25, -0.2) is 24.5 Å². The quantitative estimate of drug-likeness (QED) is 0.104. The summed E-state index contributed by atoms with van der Waals surface area (Å²) < 4.78 is 17.8. The number of allylic oxidation sites excluding steroid dienone is 3. The molecule has 3 aliphatic heterocycles. The van der Waals surface area contributed by atoms with E-state index in [1.54, 1.807) is 0 Å². The first-order valence-corrected chi connectivity index (χ1v) is 39.7. The van der Waals surface area contributed by atoms with Crippen molar-refractivity contribution in [3.8, 4) is 0 Å². The molecule has 3 aromatic carbocycles. The highest BCUT2D eigenvalue weighted by Gasteiger charge is 2.39. The SMILES string of the molecule is Cc1cn(CCCC2=Cc3cc(Cl)ccc3C(C3CCN(C(=O)OC(C)(C)C)CC3)c3ncccc32)cn1.Cc1cn(CCCC2=Cc3cc(Cl)ccc3C(C3CCNCC3)c3ncccc32)cn1.Cc1cncn1CCCC1=Cc2cc(Cl)ccc2C(C2CCN(C(=O)OC(C)(C)C)CC2)c2ncccc21. The third-order valence-corrected chi connectivity index (χ3v) is 22.5. The third kappa shape index (κ3) is 19.1. The normalized spacial score (nSPS) is 18.1. The van der Waals surface area contributed by atoms with Crippen LogP contribution in [0, 0.1) is 38.5 Å². The number of piperidine rings is 3. The van der Waals surface area contributed by atoms with E-state index in [4.69, 9.17) is 59.2 Å². The summed E-state index contributed by atoms with van der Waals surface area (Å²) in [7, 11) is 0. The van der Waals surface area contributed by atoms with Crippen molar-refractivity contribution in [2.75, 3.05) is 39.3 Å². The molecule has 560 valence electrons. The maximum absolute atomic E-state index is 12.7. The molecule has 0 bridgehead atoms. The van der Waals surface area contributed by atoms with Gasteiger partial charge in [-0.3, -0.25) is 15.0 Å². The summed E-state index contributed by atoms with van der Waals surface area (Å²) in [4.78, 5) is 57.0. The Morgan fingerprint density at radius 2 is 0.841 bits per heavy atom. The number of aryl methyl sites for hydroxylation is 6. The number of hydrogen-bond acceptors (Lipinski definition) is 11. The molecule has 0 saturated carbocycles. The summed E-state index contributed by atoms with van der Waals surface area (Å²) in [6.07, 6.45) is 36.1. The third-order valence-electron chi connectivity index (χ3n) is 21.8. The van der Waals surface area contributed by atoms with Crippen LogP contribution < -0.4 is 5.32 Å². The Morgan fingerprint density at radius 1 is 0.477 bits per heavy atom. The van der Waals surface area contributed by atoms with Gasteiger partial charge in [-0.2, -0.15) is 0 Å². The van der Waals surface area contributed by atoms with E-state index >= 15 is 0 Å². The molecule has 0 radical (unpaired) electrons. The lowest BCUT2D eigenvalue weighted by molar-refractivity contribution is 0.0167. The zero-order chi connectivity index (χ0) is 74.9. The van der Waals surface area contributed by atoms with Gasteiger partial charge in [0.2, 0.25) is 0 Å². The number of nitrogens with zero attached hydrogens (tertiary/aromatic N) is 11. The molecule has 16 nitrogen and oxygen atoms in total. The van der Waals surface area contributed by atoms with E-state index in [1.807, 2.05) is 139 Å². The van der Waals surface area contributed by atoms with E-state index in [9.17, 15) is 9.59 Å². The number of likely N-dealkylation sites (tertiary alicyclic amines) is 2. The topological polar surface area (TPSA) is 163 Å². The lowest BCUT2D eigenvalue weighted by Gasteiger charge is -2.37. The molecule has 9 aromatic rings. The van der Waals surface area contributed by atoms with Crippen molar-refractivity contribution in [1.29, 1.82) is 0 Å². The average molecular weight is 1500 g/mol. The number of fused-ring (bicyclic) bond motifs is 6. The maximum Gasteiger partial charge on any atom is 0.410 e. The molecule has 0 spiro atoms. The van der Waals surface area contributed by atoms with Crippen molar-refractivity contribution >= 4 is 81.9 Å². The fourth-order valence-electron chi connectivity index (χ4n) is 16.8. The van der Waals surface area contributed by atoms with Crippen LogP contribution in [-0.2, 0) is 29.1 Å². The van der Waals surface area contributed by atoms with Crippen molar-refractivity contribution in [1.82, 2.24) is 58.7 Å². The van der Waals surface area contributed by atoms with Crippen LogP contribution in [-0.4, -0.2) is 116 Å². The predicted molar refractivity (Wildman–Crippen MR) is 431 cm³/mol. The van der Waals surface area contributed by atoms with Crippen LogP contribution in [0.25, 0.3) is 34.9 Å². The molecule has 3 saturated heterocycles. The number of aromatic nitrogens is 9. The first kappa shape index (κ1) is 76.5. The highest BCUT2D eigenvalue weighted by Crippen LogP contribution is 2.49. The number of nitrogens with one attached hydrogen (secondary N) is 1. The summed E-state index contributed by atoms with van der Waals surface area (Å²) in [6.45, 7) is 25.3. The largest absolute Gasteiger partial charge is 0.444 e. The smallest absolute Gasteiger partial charge is 0.410 e. The van der Waals surface area contributed by atoms with Gasteiger partial charge in [0.15, 0.2) is 0 Å². The highest BCUT2D eigenvalue weighted by molar-refractivity contribution is 6.31. The van der Waals surface area contributed by atoms with Crippen LogP contribution in [0.5, 0.6) is 0 Å². The Balaban J connectivity index is 0.000000143. The number of carbonyl (C=O) groups is 2. The molecule has 9 heterocycles. The minimum absolute atomic E-state index is 0.142. The van der Waals surface area contributed by atoms with Gasteiger partial charge in [0.05, 0.1) is 47.5 Å². The number of rotatable bonds is 15. The summed E-state index contributed by atoms with van der Waals surface area (Å²) in [5.41, 5.74) is 21.0. The zero-order valence-electron chi connectivity index (χ0n) is 63.6. The minimum atomic E-state index is -0.491. The van der Waals surface area contributed by atoms with Crippen LogP contribution in [0.1, 0.15) is 221 Å². The Hall–Kier alpha value is -8.67. The van der Waals surface area contributed by atoms with Crippen LogP contribution in [0.4, 0.5) is 9.59 Å². The predicted octanol–water partition coefficient (Wildman–Crippen LogP) is 20.4. The van der Waals surface area contributed by atoms with E-state index < -0.39 is 11.2 Å². The average Bonchev–Trinajstić information content (AvgIpc) is 1.69. The molecule has 6 aromatic heterocycles. The summed E-state index contributed by atoms with van der Waals surface area (Å²) in [5, 5.41) is 5.80. The summed E-state index contributed by atoms with van der Waals surface area (Å²) in [5.74, 6) is 1.92. The molecule has 3 unspecified atom stereocenters.